The summed E-state index contributed by atoms with van der Waals surface area (Å²) in [4.78, 5) is 4.69. The lowest BCUT2D eigenvalue weighted by Gasteiger charge is -2.09. The van der Waals surface area contributed by atoms with Gasteiger partial charge in [-0.1, -0.05) is 36.4 Å². The van der Waals surface area contributed by atoms with Crippen molar-refractivity contribution in [2.45, 2.75) is 0 Å². The Kier molecular flexibility index (Phi) is 3.84. The van der Waals surface area contributed by atoms with E-state index in [1.54, 1.807) is 13.3 Å². The SMILES string of the molecule is CN(/N=C/c1c(-c2ccccc2)nc2ccccn12)C(N)=S. The van der Waals surface area contributed by atoms with E-state index in [0.717, 1.165) is 22.6 Å². The van der Waals surface area contributed by atoms with E-state index in [4.69, 9.17) is 22.9 Å². The van der Waals surface area contributed by atoms with Gasteiger partial charge in [0.1, 0.15) is 5.65 Å². The molecule has 0 atom stereocenters. The molecule has 22 heavy (non-hydrogen) atoms. The van der Waals surface area contributed by atoms with Crippen LogP contribution in [-0.4, -0.2) is 32.8 Å². The maximum atomic E-state index is 5.56. The lowest BCUT2D eigenvalue weighted by Crippen LogP contribution is -2.27. The van der Waals surface area contributed by atoms with E-state index in [2.05, 4.69) is 5.10 Å². The van der Waals surface area contributed by atoms with Crippen LogP contribution < -0.4 is 5.73 Å². The van der Waals surface area contributed by atoms with Gasteiger partial charge in [0.15, 0.2) is 5.11 Å². The molecule has 0 saturated carbocycles. The zero-order valence-corrected chi connectivity index (χ0v) is 12.9. The molecule has 2 N–H and O–H groups in total. The van der Waals surface area contributed by atoms with Crippen molar-refractivity contribution in [3.63, 3.8) is 0 Å². The number of rotatable bonds is 3. The Morgan fingerprint density at radius 2 is 1.95 bits per heavy atom. The highest BCUT2D eigenvalue weighted by Crippen LogP contribution is 2.23. The van der Waals surface area contributed by atoms with Crippen molar-refractivity contribution in [2.24, 2.45) is 10.8 Å². The summed E-state index contributed by atoms with van der Waals surface area (Å²) in [5.74, 6) is 0. The average Bonchev–Trinajstić information content (AvgIpc) is 2.92. The normalized spacial score (nSPS) is 11.1. The standard InChI is InChI=1S/C16H15N5S/c1-20(16(17)22)18-11-13-15(12-7-3-2-4-8-12)19-14-9-5-6-10-21(13)14/h2-11H,1H3,(H2,17,22)/b18-11+. The fraction of sp³-hybridized carbons (Fsp3) is 0.0625. The van der Waals surface area contributed by atoms with Crippen LogP contribution in [0.5, 0.6) is 0 Å². The zero-order valence-electron chi connectivity index (χ0n) is 12.0. The molecule has 5 nitrogen and oxygen atoms in total. The summed E-state index contributed by atoms with van der Waals surface area (Å²) in [6.07, 6.45) is 3.68. The number of aromatic nitrogens is 2. The average molecular weight is 309 g/mol. The van der Waals surface area contributed by atoms with Gasteiger partial charge in [0.2, 0.25) is 0 Å². The van der Waals surface area contributed by atoms with Crippen LogP contribution in [0, 0.1) is 0 Å². The van der Waals surface area contributed by atoms with E-state index >= 15 is 0 Å². The fourth-order valence-corrected chi connectivity index (χ4v) is 2.19. The third kappa shape index (κ3) is 2.68. The fourth-order valence-electron chi connectivity index (χ4n) is 2.14. The Morgan fingerprint density at radius 1 is 1.23 bits per heavy atom. The monoisotopic (exact) mass is 309 g/mol. The first-order chi connectivity index (χ1) is 10.7. The minimum atomic E-state index is 0.214. The van der Waals surface area contributed by atoms with E-state index in [1.807, 2.05) is 59.1 Å². The number of imidazole rings is 1. The van der Waals surface area contributed by atoms with Gasteiger partial charge in [-0.15, -0.1) is 0 Å². The summed E-state index contributed by atoms with van der Waals surface area (Å²) < 4.78 is 1.99. The molecule has 0 aliphatic carbocycles. The number of fused-ring (bicyclic) bond motifs is 1. The molecule has 2 heterocycles. The van der Waals surface area contributed by atoms with Crippen LogP contribution in [0.3, 0.4) is 0 Å². The second-order valence-electron chi connectivity index (χ2n) is 4.75. The van der Waals surface area contributed by atoms with Gasteiger partial charge in [0.25, 0.3) is 0 Å². The molecule has 0 spiro atoms. The Bertz CT molecular complexity index is 838. The van der Waals surface area contributed by atoms with E-state index in [1.165, 1.54) is 5.01 Å². The van der Waals surface area contributed by atoms with Crippen LogP contribution in [0.2, 0.25) is 0 Å². The minimum absolute atomic E-state index is 0.214. The second-order valence-corrected chi connectivity index (χ2v) is 5.17. The summed E-state index contributed by atoms with van der Waals surface area (Å²) in [6.45, 7) is 0. The van der Waals surface area contributed by atoms with Crippen LogP contribution in [0.25, 0.3) is 16.9 Å². The molecule has 0 unspecified atom stereocenters. The molecule has 0 amide bonds. The molecule has 3 aromatic rings. The van der Waals surface area contributed by atoms with Gasteiger partial charge in [-0.3, -0.25) is 4.40 Å². The van der Waals surface area contributed by atoms with Crippen LogP contribution in [0.1, 0.15) is 5.69 Å². The first-order valence-corrected chi connectivity index (χ1v) is 7.17. The Morgan fingerprint density at radius 3 is 2.68 bits per heavy atom. The smallest absolute Gasteiger partial charge is 0.186 e. The van der Waals surface area contributed by atoms with Gasteiger partial charge in [-0.2, -0.15) is 5.10 Å². The second kappa shape index (κ2) is 5.95. The Hall–Kier alpha value is -2.73. The minimum Gasteiger partial charge on any atom is -0.375 e. The van der Waals surface area contributed by atoms with Gasteiger partial charge >= 0.3 is 0 Å². The highest BCUT2D eigenvalue weighted by molar-refractivity contribution is 7.80. The topological polar surface area (TPSA) is 58.9 Å². The van der Waals surface area contributed by atoms with E-state index in [9.17, 15) is 0 Å². The van der Waals surface area contributed by atoms with Crippen LogP contribution >= 0.6 is 12.2 Å². The van der Waals surface area contributed by atoms with Gasteiger partial charge in [0, 0.05) is 18.8 Å². The highest BCUT2D eigenvalue weighted by Gasteiger charge is 2.12. The molecule has 0 radical (unpaired) electrons. The third-order valence-electron chi connectivity index (χ3n) is 3.29. The van der Waals surface area contributed by atoms with Gasteiger partial charge in [-0.25, -0.2) is 9.99 Å². The molecule has 1 aromatic carbocycles. The van der Waals surface area contributed by atoms with Crippen molar-refractivity contribution in [3.8, 4) is 11.3 Å². The zero-order chi connectivity index (χ0) is 15.5. The highest BCUT2D eigenvalue weighted by atomic mass is 32.1. The molecular formula is C16H15N5S. The van der Waals surface area contributed by atoms with E-state index < -0.39 is 0 Å². The molecule has 0 bridgehead atoms. The number of pyridine rings is 1. The van der Waals surface area contributed by atoms with E-state index in [0.29, 0.717) is 0 Å². The lowest BCUT2D eigenvalue weighted by molar-refractivity contribution is 0.552. The molecule has 0 aliphatic rings. The van der Waals surface area contributed by atoms with Gasteiger partial charge < -0.3 is 5.73 Å². The van der Waals surface area contributed by atoms with Crippen molar-refractivity contribution in [3.05, 3.63) is 60.4 Å². The third-order valence-corrected chi connectivity index (χ3v) is 3.55. The van der Waals surface area contributed by atoms with Crippen molar-refractivity contribution >= 4 is 29.2 Å². The maximum absolute atomic E-state index is 5.56. The molecular weight excluding hydrogens is 294 g/mol. The molecule has 2 aromatic heterocycles. The number of hydrogen-bond donors (Lipinski definition) is 1. The molecule has 0 aliphatic heterocycles. The summed E-state index contributed by atoms with van der Waals surface area (Å²) in [7, 11) is 1.71. The Balaban J connectivity index is 2.16. The van der Waals surface area contributed by atoms with E-state index in [-0.39, 0.29) is 5.11 Å². The Labute approximate surface area is 133 Å². The molecule has 6 heteroatoms. The summed E-state index contributed by atoms with van der Waals surface area (Å²) >= 11 is 4.90. The van der Waals surface area contributed by atoms with Crippen molar-refractivity contribution < 1.29 is 0 Å². The van der Waals surface area contributed by atoms with Crippen molar-refractivity contribution in [2.75, 3.05) is 7.05 Å². The maximum Gasteiger partial charge on any atom is 0.186 e. The molecule has 0 fully saturated rings. The number of thiocarbonyl (C=S) groups is 1. The van der Waals surface area contributed by atoms with Gasteiger partial charge in [0.05, 0.1) is 17.6 Å². The number of hydrogen-bond acceptors (Lipinski definition) is 3. The first kappa shape index (κ1) is 14.2. The summed E-state index contributed by atoms with van der Waals surface area (Å²) in [5.41, 5.74) is 9.20. The van der Waals surface area contributed by atoms with Crippen LogP contribution in [0.4, 0.5) is 0 Å². The summed E-state index contributed by atoms with van der Waals surface area (Å²) in [6, 6.07) is 15.9. The number of nitrogens with zero attached hydrogens (tertiary/aromatic N) is 4. The predicted octanol–water partition coefficient (Wildman–Crippen LogP) is 2.51. The first-order valence-electron chi connectivity index (χ1n) is 6.76. The quantitative estimate of drug-likeness (QED) is 0.459. The number of benzene rings is 1. The molecule has 3 rings (SSSR count). The van der Waals surface area contributed by atoms with Crippen LogP contribution in [-0.2, 0) is 0 Å². The molecule has 110 valence electrons. The van der Waals surface area contributed by atoms with Crippen molar-refractivity contribution in [1.29, 1.82) is 0 Å². The van der Waals surface area contributed by atoms with Gasteiger partial charge in [-0.05, 0) is 24.4 Å². The summed E-state index contributed by atoms with van der Waals surface area (Å²) in [5, 5.41) is 5.95. The van der Waals surface area contributed by atoms with Crippen molar-refractivity contribution in [1.82, 2.24) is 14.4 Å². The van der Waals surface area contributed by atoms with Crippen LogP contribution in [0.15, 0.2) is 59.8 Å². The molecule has 0 saturated heterocycles. The number of nitrogens with two attached hydrogens (primary N) is 1. The lowest BCUT2D eigenvalue weighted by atomic mass is 10.1. The largest absolute Gasteiger partial charge is 0.375 e. The predicted molar refractivity (Wildman–Crippen MR) is 92.8 cm³/mol. The number of hydrazone groups is 1.